The molecule has 1 aromatic rings. The Morgan fingerprint density at radius 1 is 1.40 bits per heavy atom. The largest absolute Gasteiger partial charge is 0.330 e. The van der Waals surface area contributed by atoms with Crippen LogP contribution < -0.4 is 5.73 Å². The lowest BCUT2D eigenvalue weighted by molar-refractivity contribution is 0.292. The Bertz CT molecular complexity index is 565. The predicted octanol–water partition coefficient (Wildman–Crippen LogP) is 3.13. The fourth-order valence-electron chi connectivity index (χ4n) is 1.60. The molecule has 1 aromatic carbocycles. The third kappa shape index (κ3) is 4.86. The van der Waals surface area contributed by atoms with Gasteiger partial charge in [0.15, 0.2) is 0 Å². The van der Waals surface area contributed by atoms with Gasteiger partial charge in [-0.25, -0.2) is 12.7 Å². The van der Waals surface area contributed by atoms with Gasteiger partial charge < -0.3 is 5.73 Å². The fourth-order valence-corrected chi connectivity index (χ4v) is 3.97. The average molecular weight is 406 g/mol. The topological polar surface area (TPSA) is 63.4 Å². The minimum Gasteiger partial charge on any atom is -0.330 e. The Balaban J connectivity index is 0.00000361. The monoisotopic (exact) mass is 404 g/mol. The van der Waals surface area contributed by atoms with E-state index in [2.05, 4.69) is 15.9 Å². The number of sulfonamides is 1. The van der Waals surface area contributed by atoms with Gasteiger partial charge in [0, 0.05) is 18.1 Å². The molecular weight excluding hydrogens is 387 g/mol. The molecule has 0 bridgehead atoms. The number of hydrogen-bond acceptors (Lipinski definition) is 3. The van der Waals surface area contributed by atoms with Crippen LogP contribution in [0.4, 0.5) is 0 Å². The molecule has 0 unspecified atom stereocenters. The van der Waals surface area contributed by atoms with Crippen LogP contribution in [-0.2, 0) is 10.0 Å². The lowest BCUT2D eigenvalue weighted by atomic mass is 9.94. The Morgan fingerprint density at radius 2 is 1.95 bits per heavy atom. The predicted molar refractivity (Wildman–Crippen MR) is 89.1 cm³/mol. The van der Waals surface area contributed by atoms with Crippen molar-refractivity contribution in [2.24, 2.45) is 11.1 Å². The first kappa shape index (κ1) is 20.1. The summed E-state index contributed by atoms with van der Waals surface area (Å²) in [6, 6.07) is 4.71. The van der Waals surface area contributed by atoms with E-state index in [4.69, 9.17) is 17.3 Å². The number of rotatable bonds is 5. The van der Waals surface area contributed by atoms with Crippen LogP contribution in [0, 0.1) is 5.41 Å². The van der Waals surface area contributed by atoms with Crippen LogP contribution in [0.3, 0.4) is 0 Å². The standard InChI is InChI=1S/C12H18BrClN2O2S.ClH/c1-12(2,7-15)8-16(3)19(17,18)11-5-4-9(13)6-10(11)14;/h4-6H,7-8,15H2,1-3H3;1H. The third-order valence-corrected chi connectivity index (χ3v) is 5.56. The molecule has 0 fully saturated rings. The van der Waals surface area contributed by atoms with Crippen molar-refractivity contribution in [3.63, 3.8) is 0 Å². The van der Waals surface area contributed by atoms with Gasteiger partial charge in [0.2, 0.25) is 10.0 Å². The molecule has 20 heavy (non-hydrogen) atoms. The van der Waals surface area contributed by atoms with Crippen molar-refractivity contribution in [1.29, 1.82) is 0 Å². The molecule has 8 heteroatoms. The first-order valence-corrected chi connectivity index (χ1v) is 8.33. The van der Waals surface area contributed by atoms with E-state index in [1.807, 2.05) is 13.8 Å². The molecule has 116 valence electrons. The highest BCUT2D eigenvalue weighted by atomic mass is 79.9. The summed E-state index contributed by atoms with van der Waals surface area (Å²) in [6.07, 6.45) is 0. The van der Waals surface area contributed by atoms with Gasteiger partial charge in [-0.3, -0.25) is 0 Å². The second-order valence-corrected chi connectivity index (χ2v) is 8.54. The Kier molecular flexibility index (Phi) is 7.48. The third-order valence-electron chi connectivity index (χ3n) is 2.79. The zero-order valence-corrected chi connectivity index (χ0v) is 15.5. The minimum absolute atomic E-state index is 0. The summed E-state index contributed by atoms with van der Waals surface area (Å²) < 4.78 is 26.9. The van der Waals surface area contributed by atoms with E-state index in [-0.39, 0.29) is 27.7 Å². The van der Waals surface area contributed by atoms with Crippen LogP contribution in [0.25, 0.3) is 0 Å². The summed E-state index contributed by atoms with van der Waals surface area (Å²) in [5.41, 5.74) is 5.34. The van der Waals surface area contributed by atoms with Crippen LogP contribution >= 0.6 is 39.9 Å². The molecule has 0 aliphatic rings. The summed E-state index contributed by atoms with van der Waals surface area (Å²) in [4.78, 5) is 0.104. The van der Waals surface area contributed by atoms with Gasteiger partial charge in [0.25, 0.3) is 0 Å². The van der Waals surface area contributed by atoms with Crippen molar-refractivity contribution >= 4 is 50.0 Å². The van der Waals surface area contributed by atoms with Crippen LogP contribution in [0.2, 0.25) is 5.02 Å². The van der Waals surface area contributed by atoms with Crippen molar-refractivity contribution in [1.82, 2.24) is 4.31 Å². The van der Waals surface area contributed by atoms with Crippen molar-refractivity contribution in [2.75, 3.05) is 20.1 Å². The SMILES string of the molecule is CN(CC(C)(C)CN)S(=O)(=O)c1ccc(Br)cc1Cl.Cl. The second-order valence-electron chi connectivity index (χ2n) is 5.20. The molecule has 0 radical (unpaired) electrons. The number of nitrogens with zero attached hydrogens (tertiary/aromatic N) is 1. The molecule has 0 atom stereocenters. The summed E-state index contributed by atoms with van der Waals surface area (Å²) in [5.74, 6) is 0. The van der Waals surface area contributed by atoms with Gasteiger partial charge in [-0.05, 0) is 30.2 Å². The van der Waals surface area contributed by atoms with Crippen LogP contribution in [0.5, 0.6) is 0 Å². The van der Waals surface area contributed by atoms with E-state index >= 15 is 0 Å². The number of nitrogens with two attached hydrogens (primary N) is 1. The summed E-state index contributed by atoms with van der Waals surface area (Å²) >= 11 is 9.25. The maximum atomic E-state index is 12.4. The van der Waals surface area contributed by atoms with Crippen molar-refractivity contribution in [2.45, 2.75) is 18.7 Å². The first-order valence-electron chi connectivity index (χ1n) is 5.71. The van der Waals surface area contributed by atoms with E-state index in [9.17, 15) is 8.42 Å². The summed E-state index contributed by atoms with van der Waals surface area (Å²) in [7, 11) is -2.07. The molecule has 0 amide bonds. The maximum absolute atomic E-state index is 12.4. The van der Waals surface area contributed by atoms with Crippen LogP contribution in [-0.4, -0.2) is 32.9 Å². The Labute approximate surface area is 140 Å². The molecule has 0 saturated carbocycles. The average Bonchev–Trinajstić information content (AvgIpc) is 2.27. The lowest BCUT2D eigenvalue weighted by Gasteiger charge is -2.28. The summed E-state index contributed by atoms with van der Waals surface area (Å²) in [5, 5.41) is 0.201. The molecule has 0 heterocycles. The van der Waals surface area contributed by atoms with Crippen molar-refractivity contribution in [3.05, 3.63) is 27.7 Å². The molecule has 0 aliphatic carbocycles. The van der Waals surface area contributed by atoms with Crippen LogP contribution in [0.15, 0.2) is 27.6 Å². The van der Waals surface area contributed by atoms with Gasteiger partial charge in [0.05, 0.1) is 5.02 Å². The van der Waals surface area contributed by atoms with Gasteiger partial charge in [-0.1, -0.05) is 41.4 Å². The molecule has 0 spiro atoms. The van der Waals surface area contributed by atoms with Gasteiger partial charge in [-0.15, -0.1) is 12.4 Å². The Hall–Kier alpha value is 0.150. The normalized spacial score (nSPS) is 12.3. The van der Waals surface area contributed by atoms with Gasteiger partial charge >= 0.3 is 0 Å². The smallest absolute Gasteiger partial charge is 0.244 e. The Morgan fingerprint density at radius 3 is 2.40 bits per heavy atom. The lowest BCUT2D eigenvalue weighted by Crippen LogP contribution is -2.39. The molecule has 0 saturated heterocycles. The fraction of sp³-hybridized carbons (Fsp3) is 0.500. The molecule has 4 nitrogen and oxygen atoms in total. The van der Waals surface area contributed by atoms with Gasteiger partial charge in [0.1, 0.15) is 4.90 Å². The number of benzene rings is 1. The van der Waals surface area contributed by atoms with Crippen LogP contribution in [0.1, 0.15) is 13.8 Å². The highest BCUT2D eigenvalue weighted by Crippen LogP contribution is 2.28. The van der Waals surface area contributed by atoms with E-state index in [0.717, 1.165) is 4.47 Å². The second kappa shape index (κ2) is 7.42. The van der Waals surface area contributed by atoms with Gasteiger partial charge in [-0.2, -0.15) is 0 Å². The number of hydrogen-bond donors (Lipinski definition) is 1. The van der Waals surface area contributed by atoms with E-state index < -0.39 is 10.0 Å². The molecule has 2 N–H and O–H groups in total. The summed E-state index contributed by atoms with van der Waals surface area (Å²) in [6.45, 7) is 4.57. The molecule has 0 aliphatic heterocycles. The highest BCUT2D eigenvalue weighted by molar-refractivity contribution is 9.10. The quantitative estimate of drug-likeness (QED) is 0.818. The number of halogens is 3. The zero-order chi connectivity index (χ0) is 14.8. The van der Waals surface area contributed by atoms with E-state index in [1.165, 1.54) is 17.4 Å². The maximum Gasteiger partial charge on any atom is 0.244 e. The van der Waals surface area contributed by atoms with E-state index in [0.29, 0.717) is 13.1 Å². The molecular formula is C12H19BrCl2N2O2S. The van der Waals surface area contributed by atoms with Crippen molar-refractivity contribution in [3.8, 4) is 0 Å². The highest BCUT2D eigenvalue weighted by Gasteiger charge is 2.28. The first-order chi connectivity index (χ1) is 8.60. The van der Waals surface area contributed by atoms with E-state index in [1.54, 1.807) is 12.1 Å². The zero-order valence-electron chi connectivity index (χ0n) is 11.6. The molecule has 0 aromatic heterocycles. The minimum atomic E-state index is -3.60. The molecule has 1 rings (SSSR count). The van der Waals surface area contributed by atoms with Crippen molar-refractivity contribution < 1.29 is 8.42 Å².